The molecular weight excluding hydrogens is 210 g/mol. The van der Waals surface area contributed by atoms with E-state index in [2.05, 4.69) is 15.5 Å². The molecule has 2 rings (SSSR count). The fourth-order valence-corrected chi connectivity index (χ4v) is 1.79. The van der Waals surface area contributed by atoms with Gasteiger partial charge >= 0.3 is 5.97 Å². The van der Waals surface area contributed by atoms with Crippen LogP contribution in [0.2, 0.25) is 0 Å². The number of carbonyl (C=O) groups is 1. The fourth-order valence-electron chi connectivity index (χ4n) is 1.79. The average molecular weight is 225 g/mol. The first kappa shape index (κ1) is 11.1. The van der Waals surface area contributed by atoms with E-state index in [0.717, 1.165) is 19.4 Å². The highest BCUT2D eigenvalue weighted by molar-refractivity contribution is 5.66. The second kappa shape index (κ2) is 5.07. The van der Waals surface area contributed by atoms with Gasteiger partial charge in [-0.3, -0.25) is 4.79 Å². The molecule has 1 atom stereocenters. The Morgan fingerprint density at radius 2 is 2.44 bits per heavy atom. The van der Waals surface area contributed by atoms with E-state index in [-0.39, 0.29) is 12.5 Å². The van der Waals surface area contributed by atoms with Gasteiger partial charge in [-0.15, -0.1) is 0 Å². The maximum Gasteiger partial charge on any atom is 0.303 e. The third-order valence-corrected chi connectivity index (χ3v) is 2.65. The number of carboxylic acid groups (broad SMARTS) is 1. The Morgan fingerprint density at radius 3 is 3.12 bits per heavy atom. The molecule has 0 spiro atoms. The maximum atomic E-state index is 10.4. The molecule has 6 heteroatoms. The molecule has 1 fully saturated rings. The summed E-state index contributed by atoms with van der Waals surface area (Å²) in [4.78, 5) is 14.6. The van der Waals surface area contributed by atoms with Gasteiger partial charge in [-0.25, -0.2) is 0 Å². The van der Waals surface area contributed by atoms with Gasteiger partial charge < -0.3 is 14.9 Å². The zero-order chi connectivity index (χ0) is 11.4. The summed E-state index contributed by atoms with van der Waals surface area (Å²) in [6.07, 6.45) is 3.70. The highest BCUT2D eigenvalue weighted by Gasteiger charge is 2.20. The fraction of sp³-hybridized carbons (Fsp3) is 0.700. The molecule has 0 aliphatic carbocycles. The van der Waals surface area contributed by atoms with Crippen molar-refractivity contribution in [2.75, 3.05) is 6.54 Å². The summed E-state index contributed by atoms with van der Waals surface area (Å²) in [5.74, 6) is 0.215. The van der Waals surface area contributed by atoms with Crippen LogP contribution >= 0.6 is 0 Å². The second-order valence-electron chi connectivity index (χ2n) is 3.95. The molecule has 1 aromatic rings. The Bertz CT molecular complexity index is 358. The summed E-state index contributed by atoms with van der Waals surface area (Å²) in [6.45, 7) is 0.970. The number of hydrogen-bond acceptors (Lipinski definition) is 5. The van der Waals surface area contributed by atoms with Crippen molar-refractivity contribution in [3.05, 3.63) is 11.7 Å². The highest BCUT2D eigenvalue weighted by Crippen LogP contribution is 2.21. The van der Waals surface area contributed by atoms with E-state index in [1.54, 1.807) is 0 Å². The number of aliphatic carboxylic acids is 1. The molecular formula is C10H15N3O3. The van der Waals surface area contributed by atoms with E-state index in [4.69, 9.17) is 9.63 Å². The van der Waals surface area contributed by atoms with Gasteiger partial charge in [0.1, 0.15) is 0 Å². The Hall–Kier alpha value is -1.43. The summed E-state index contributed by atoms with van der Waals surface area (Å²) >= 11 is 0. The van der Waals surface area contributed by atoms with Crippen molar-refractivity contribution in [1.82, 2.24) is 15.5 Å². The molecule has 0 bridgehead atoms. The van der Waals surface area contributed by atoms with E-state index in [9.17, 15) is 4.79 Å². The van der Waals surface area contributed by atoms with Crippen LogP contribution in [0.15, 0.2) is 4.52 Å². The van der Waals surface area contributed by atoms with Crippen LogP contribution in [0, 0.1) is 0 Å². The highest BCUT2D eigenvalue weighted by atomic mass is 16.5. The summed E-state index contributed by atoms with van der Waals surface area (Å²) < 4.78 is 5.12. The molecule has 0 radical (unpaired) electrons. The van der Waals surface area contributed by atoms with Crippen molar-refractivity contribution < 1.29 is 14.4 Å². The standard InChI is InChI=1S/C10H15N3O3/c14-9(15)5-4-8-12-10(16-13-8)7-3-1-2-6-11-7/h7,11H,1-6H2,(H,14,15). The normalized spacial score (nSPS) is 20.9. The number of nitrogens with zero attached hydrogens (tertiary/aromatic N) is 2. The molecule has 0 saturated carbocycles. The van der Waals surface area contributed by atoms with Gasteiger partial charge in [0, 0.05) is 6.42 Å². The van der Waals surface area contributed by atoms with Crippen LogP contribution in [0.1, 0.15) is 43.4 Å². The molecule has 6 nitrogen and oxygen atoms in total. The van der Waals surface area contributed by atoms with Gasteiger partial charge in [0.2, 0.25) is 5.89 Å². The minimum atomic E-state index is -0.845. The molecule has 1 unspecified atom stereocenters. The van der Waals surface area contributed by atoms with E-state index in [1.807, 2.05) is 0 Å². The van der Waals surface area contributed by atoms with Crippen molar-refractivity contribution in [3.8, 4) is 0 Å². The zero-order valence-electron chi connectivity index (χ0n) is 8.98. The molecule has 1 aliphatic rings. The molecule has 1 aromatic heterocycles. The topological polar surface area (TPSA) is 88.2 Å². The third kappa shape index (κ3) is 2.79. The summed E-state index contributed by atoms with van der Waals surface area (Å²) in [7, 11) is 0. The Labute approximate surface area is 93.0 Å². The van der Waals surface area contributed by atoms with Crippen molar-refractivity contribution >= 4 is 5.97 Å². The number of rotatable bonds is 4. The van der Waals surface area contributed by atoms with Gasteiger partial charge in [-0.05, 0) is 19.4 Å². The molecule has 0 aromatic carbocycles. The zero-order valence-corrected chi connectivity index (χ0v) is 8.98. The lowest BCUT2D eigenvalue weighted by molar-refractivity contribution is -0.137. The lowest BCUT2D eigenvalue weighted by Crippen LogP contribution is -2.27. The molecule has 0 amide bonds. The monoisotopic (exact) mass is 225 g/mol. The molecule has 1 saturated heterocycles. The molecule has 2 N–H and O–H groups in total. The molecule has 16 heavy (non-hydrogen) atoms. The number of aryl methyl sites for hydroxylation is 1. The Morgan fingerprint density at radius 1 is 1.56 bits per heavy atom. The van der Waals surface area contributed by atoms with Crippen molar-refractivity contribution in [1.29, 1.82) is 0 Å². The van der Waals surface area contributed by atoms with Crippen molar-refractivity contribution in [3.63, 3.8) is 0 Å². The first-order chi connectivity index (χ1) is 7.75. The first-order valence-corrected chi connectivity index (χ1v) is 5.53. The molecule has 2 heterocycles. The van der Waals surface area contributed by atoms with Crippen molar-refractivity contribution in [2.24, 2.45) is 0 Å². The lowest BCUT2D eigenvalue weighted by Gasteiger charge is -2.19. The van der Waals surface area contributed by atoms with E-state index >= 15 is 0 Å². The van der Waals surface area contributed by atoms with Crippen LogP contribution in [-0.2, 0) is 11.2 Å². The largest absolute Gasteiger partial charge is 0.481 e. The number of piperidine rings is 1. The van der Waals surface area contributed by atoms with E-state index in [0.29, 0.717) is 18.1 Å². The number of nitrogens with one attached hydrogen (secondary N) is 1. The lowest BCUT2D eigenvalue weighted by atomic mass is 10.1. The van der Waals surface area contributed by atoms with E-state index < -0.39 is 5.97 Å². The van der Waals surface area contributed by atoms with Crippen LogP contribution in [0.3, 0.4) is 0 Å². The van der Waals surface area contributed by atoms with Gasteiger partial charge in [-0.1, -0.05) is 11.6 Å². The first-order valence-electron chi connectivity index (χ1n) is 5.53. The third-order valence-electron chi connectivity index (χ3n) is 2.65. The number of carboxylic acids is 1. The van der Waals surface area contributed by atoms with Crippen LogP contribution in [0.4, 0.5) is 0 Å². The molecule has 88 valence electrons. The van der Waals surface area contributed by atoms with Crippen LogP contribution in [-0.4, -0.2) is 27.8 Å². The Balaban J connectivity index is 1.93. The maximum absolute atomic E-state index is 10.4. The summed E-state index contributed by atoms with van der Waals surface area (Å²) in [5, 5.41) is 15.6. The smallest absolute Gasteiger partial charge is 0.303 e. The molecule has 1 aliphatic heterocycles. The van der Waals surface area contributed by atoms with E-state index in [1.165, 1.54) is 6.42 Å². The van der Waals surface area contributed by atoms with Crippen LogP contribution in [0.25, 0.3) is 0 Å². The predicted molar refractivity (Wildman–Crippen MR) is 54.8 cm³/mol. The summed E-state index contributed by atoms with van der Waals surface area (Å²) in [5.41, 5.74) is 0. The van der Waals surface area contributed by atoms with Crippen molar-refractivity contribution in [2.45, 2.75) is 38.1 Å². The van der Waals surface area contributed by atoms with Crippen LogP contribution < -0.4 is 5.32 Å². The predicted octanol–water partition coefficient (Wildman–Crippen LogP) is 0.901. The minimum absolute atomic E-state index is 0.0388. The van der Waals surface area contributed by atoms with Gasteiger partial charge in [0.05, 0.1) is 12.5 Å². The average Bonchev–Trinajstić information content (AvgIpc) is 2.76. The Kier molecular flexibility index (Phi) is 3.51. The van der Waals surface area contributed by atoms with Gasteiger partial charge in [-0.2, -0.15) is 4.98 Å². The quantitative estimate of drug-likeness (QED) is 0.791. The van der Waals surface area contributed by atoms with Gasteiger partial charge in [0.25, 0.3) is 0 Å². The number of aromatic nitrogens is 2. The summed E-state index contributed by atoms with van der Waals surface area (Å²) in [6, 6.07) is 0.139. The SMILES string of the molecule is O=C(O)CCc1noc(C2CCCCN2)n1. The minimum Gasteiger partial charge on any atom is -0.481 e. The van der Waals surface area contributed by atoms with Gasteiger partial charge in [0.15, 0.2) is 5.82 Å². The van der Waals surface area contributed by atoms with Crippen LogP contribution in [0.5, 0.6) is 0 Å². The number of hydrogen-bond donors (Lipinski definition) is 2. The second-order valence-corrected chi connectivity index (χ2v) is 3.95.